The molecular weight excluding hydrogens is 415 g/mol. The Balaban J connectivity index is 1.65. The lowest BCUT2D eigenvalue weighted by Gasteiger charge is -2.11. The smallest absolute Gasteiger partial charge is 0.293 e. The van der Waals surface area contributed by atoms with Crippen molar-refractivity contribution in [3.05, 3.63) is 77.3 Å². The van der Waals surface area contributed by atoms with Gasteiger partial charge in [0.15, 0.2) is 12.1 Å². The Labute approximate surface area is 184 Å². The number of amides is 3. The average Bonchev–Trinajstić information content (AvgIpc) is 3.25. The molecule has 3 N–H and O–H groups in total. The molecule has 0 saturated heterocycles. The number of hydrogen-bond donors (Lipinski definition) is 3. The maximum atomic E-state index is 13.2. The van der Waals surface area contributed by atoms with E-state index in [1.54, 1.807) is 31.2 Å². The standard InChI is InChI=1S/C23H23FN4O4/c1-4-14(3)26-22(30)19-20(32-12-25-19)23(31)28-17-8-6-16(7-9-17)27-21(29)18-10-5-15(24)11-13(18)2/h5-12,14H,4H2,1-3H3,(H,26,30)(H,27,29)(H,28,31). The highest BCUT2D eigenvalue weighted by Crippen LogP contribution is 2.18. The Morgan fingerprint density at radius 2 is 1.62 bits per heavy atom. The van der Waals surface area contributed by atoms with E-state index < -0.39 is 17.6 Å². The lowest BCUT2D eigenvalue weighted by atomic mass is 10.1. The van der Waals surface area contributed by atoms with Gasteiger partial charge in [-0.15, -0.1) is 0 Å². The van der Waals surface area contributed by atoms with Crippen LogP contribution in [0.25, 0.3) is 0 Å². The summed E-state index contributed by atoms with van der Waals surface area (Å²) in [4.78, 5) is 41.1. The van der Waals surface area contributed by atoms with Crippen LogP contribution in [0, 0.1) is 12.7 Å². The van der Waals surface area contributed by atoms with Crippen LogP contribution in [-0.4, -0.2) is 28.7 Å². The normalized spacial score (nSPS) is 11.5. The molecule has 3 rings (SSSR count). The van der Waals surface area contributed by atoms with E-state index in [-0.39, 0.29) is 23.4 Å². The van der Waals surface area contributed by atoms with Crippen LogP contribution in [0.1, 0.15) is 57.2 Å². The summed E-state index contributed by atoms with van der Waals surface area (Å²) in [6.45, 7) is 5.42. The fourth-order valence-electron chi connectivity index (χ4n) is 2.87. The van der Waals surface area contributed by atoms with Crippen molar-refractivity contribution >= 4 is 29.1 Å². The number of nitrogens with one attached hydrogen (secondary N) is 3. The summed E-state index contributed by atoms with van der Waals surface area (Å²) < 4.78 is 18.3. The maximum Gasteiger partial charge on any atom is 0.293 e. The number of hydrogen-bond acceptors (Lipinski definition) is 5. The molecule has 8 nitrogen and oxygen atoms in total. The van der Waals surface area contributed by atoms with E-state index in [1.165, 1.54) is 18.2 Å². The van der Waals surface area contributed by atoms with Gasteiger partial charge in [0.2, 0.25) is 5.76 Å². The third-order valence-corrected chi connectivity index (χ3v) is 4.81. The summed E-state index contributed by atoms with van der Waals surface area (Å²) >= 11 is 0. The minimum atomic E-state index is -0.629. The van der Waals surface area contributed by atoms with Gasteiger partial charge in [0.25, 0.3) is 17.7 Å². The topological polar surface area (TPSA) is 113 Å². The van der Waals surface area contributed by atoms with Gasteiger partial charge in [0.1, 0.15) is 5.82 Å². The second-order valence-corrected chi connectivity index (χ2v) is 7.26. The summed E-state index contributed by atoms with van der Waals surface area (Å²) in [5.41, 5.74) is 1.70. The SMILES string of the molecule is CCC(C)NC(=O)c1ncoc1C(=O)Nc1ccc(NC(=O)c2ccc(F)cc2C)cc1. The van der Waals surface area contributed by atoms with E-state index in [0.717, 1.165) is 12.8 Å². The highest BCUT2D eigenvalue weighted by atomic mass is 19.1. The number of halogens is 1. The lowest BCUT2D eigenvalue weighted by molar-refractivity contribution is 0.0916. The Kier molecular flexibility index (Phi) is 6.99. The van der Waals surface area contributed by atoms with Crippen molar-refractivity contribution in [1.82, 2.24) is 10.3 Å². The molecule has 0 aliphatic rings. The van der Waals surface area contributed by atoms with Crippen LogP contribution >= 0.6 is 0 Å². The molecule has 0 spiro atoms. The fourth-order valence-corrected chi connectivity index (χ4v) is 2.87. The summed E-state index contributed by atoms with van der Waals surface area (Å²) in [5, 5.41) is 8.08. The van der Waals surface area contributed by atoms with Gasteiger partial charge >= 0.3 is 0 Å². The summed E-state index contributed by atoms with van der Waals surface area (Å²) in [5.74, 6) is -2.11. The number of aromatic nitrogens is 1. The number of nitrogens with zero attached hydrogens (tertiary/aromatic N) is 1. The highest BCUT2D eigenvalue weighted by Gasteiger charge is 2.23. The lowest BCUT2D eigenvalue weighted by Crippen LogP contribution is -2.33. The Hall–Kier alpha value is -4.01. The van der Waals surface area contributed by atoms with Crippen molar-refractivity contribution in [2.24, 2.45) is 0 Å². The number of benzene rings is 2. The molecule has 32 heavy (non-hydrogen) atoms. The van der Waals surface area contributed by atoms with Crippen LogP contribution in [0.5, 0.6) is 0 Å². The minimum absolute atomic E-state index is 0.0726. The number of carbonyl (C=O) groups excluding carboxylic acids is 3. The predicted octanol–water partition coefficient (Wildman–Crippen LogP) is 4.16. The van der Waals surface area contributed by atoms with E-state index in [2.05, 4.69) is 20.9 Å². The molecule has 3 aromatic rings. The largest absolute Gasteiger partial charge is 0.437 e. The van der Waals surface area contributed by atoms with Gasteiger partial charge in [-0.3, -0.25) is 14.4 Å². The zero-order valence-corrected chi connectivity index (χ0v) is 17.9. The molecule has 0 saturated carbocycles. The second-order valence-electron chi connectivity index (χ2n) is 7.26. The van der Waals surface area contributed by atoms with E-state index in [9.17, 15) is 18.8 Å². The number of aryl methyl sites for hydroxylation is 1. The Morgan fingerprint density at radius 3 is 2.22 bits per heavy atom. The molecule has 9 heteroatoms. The van der Waals surface area contributed by atoms with Crippen LogP contribution in [0.2, 0.25) is 0 Å². The number of carbonyl (C=O) groups is 3. The molecule has 1 heterocycles. The molecule has 166 valence electrons. The monoisotopic (exact) mass is 438 g/mol. The van der Waals surface area contributed by atoms with Crippen LogP contribution in [0.3, 0.4) is 0 Å². The van der Waals surface area contributed by atoms with Crippen LogP contribution in [0.15, 0.2) is 53.3 Å². The zero-order chi connectivity index (χ0) is 23.3. The van der Waals surface area contributed by atoms with Gasteiger partial charge in [0, 0.05) is 23.0 Å². The molecule has 1 atom stereocenters. The minimum Gasteiger partial charge on any atom is -0.437 e. The van der Waals surface area contributed by atoms with Crippen molar-refractivity contribution in [2.75, 3.05) is 10.6 Å². The third-order valence-electron chi connectivity index (χ3n) is 4.81. The van der Waals surface area contributed by atoms with Crippen molar-refractivity contribution in [1.29, 1.82) is 0 Å². The summed E-state index contributed by atoms with van der Waals surface area (Å²) in [6, 6.07) is 10.2. The van der Waals surface area contributed by atoms with Crippen molar-refractivity contribution in [3.63, 3.8) is 0 Å². The van der Waals surface area contributed by atoms with E-state index in [1.807, 2.05) is 13.8 Å². The molecule has 1 unspecified atom stereocenters. The second kappa shape index (κ2) is 9.86. The first-order valence-corrected chi connectivity index (χ1v) is 10.0. The summed E-state index contributed by atoms with van der Waals surface area (Å²) in [7, 11) is 0. The number of oxazole rings is 1. The molecule has 0 aliphatic heterocycles. The van der Waals surface area contributed by atoms with E-state index >= 15 is 0 Å². The quantitative estimate of drug-likeness (QED) is 0.513. The van der Waals surface area contributed by atoms with Crippen LogP contribution < -0.4 is 16.0 Å². The molecular formula is C23H23FN4O4. The zero-order valence-electron chi connectivity index (χ0n) is 17.9. The maximum absolute atomic E-state index is 13.2. The van der Waals surface area contributed by atoms with Gasteiger partial charge in [-0.2, -0.15) is 0 Å². The fraction of sp³-hybridized carbons (Fsp3) is 0.217. The first kappa shape index (κ1) is 22.7. The van der Waals surface area contributed by atoms with E-state index in [0.29, 0.717) is 22.5 Å². The number of anilines is 2. The average molecular weight is 438 g/mol. The first-order chi connectivity index (χ1) is 15.3. The first-order valence-electron chi connectivity index (χ1n) is 10.0. The van der Waals surface area contributed by atoms with Crippen molar-refractivity contribution in [3.8, 4) is 0 Å². The summed E-state index contributed by atoms with van der Waals surface area (Å²) in [6.07, 6.45) is 1.77. The van der Waals surface area contributed by atoms with E-state index in [4.69, 9.17) is 4.42 Å². The van der Waals surface area contributed by atoms with Crippen LogP contribution in [0.4, 0.5) is 15.8 Å². The molecule has 0 fully saturated rings. The molecule has 0 aliphatic carbocycles. The van der Waals surface area contributed by atoms with Crippen molar-refractivity contribution < 1.29 is 23.2 Å². The van der Waals surface area contributed by atoms with Gasteiger partial charge < -0.3 is 20.4 Å². The Bertz CT molecular complexity index is 1140. The Morgan fingerprint density at radius 1 is 1.00 bits per heavy atom. The van der Waals surface area contributed by atoms with Gasteiger partial charge in [-0.1, -0.05) is 6.92 Å². The molecule has 1 aromatic heterocycles. The molecule has 2 aromatic carbocycles. The molecule has 3 amide bonds. The van der Waals surface area contributed by atoms with Gasteiger partial charge in [-0.25, -0.2) is 9.37 Å². The van der Waals surface area contributed by atoms with Gasteiger partial charge in [-0.05, 0) is 68.3 Å². The predicted molar refractivity (Wildman–Crippen MR) is 117 cm³/mol. The highest BCUT2D eigenvalue weighted by molar-refractivity contribution is 6.09. The molecule has 0 radical (unpaired) electrons. The van der Waals surface area contributed by atoms with Crippen molar-refractivity contribution in [2.45, 2.75) is 33.2 Å². The van der Waals surface area contributed by atoms with Crippen LogP contribution in [-0.2, 0) is 0 Å². The molecule has 0 bridgehead atoms. The third kappa shape index (κ3) is 5.37. The number of rotatable bonds is 7. The van der Waals surface area contributed by atoms with Gasteiger partial charge in [0.05, 0.1) is 0 Å².